The summed E-state index contributed by atoms with van der Waals surface area (Å²) in [7, 11) is -2.52. The fourth-order valence-electron chi connectivity index (χ4n) is 3.98. The van der Waals surface area contributed by atoms with Crippen LogP contribution in [0.4, 0.5) is 11.4 Å². The highest BCUT2D eigenvalue weighted by molar-refractivity contribution is 7.89. The molecule has 0 aromatic heterocycles. The number of benzene rings is 2. The molecule has 1 atom stereocenters. The first-order valence-electron chi connectivity index (χ1n) is 10.5. The maximum atomic E-state index is 12.3. The van der Waals surface area contributed by atoms with Gasteiger partial charge in [-0.1, -0.05) is 17.9 Å². The Hall–Kier alpha value is -2.82. The van der Waals surface area contributed by atoms with Crippen LogP contribution in [0.15, 0.2) is 47.4 Å². The molecule has 2 aliphatic rings. The fraction of sp³-hybridized carbons (Fsp3) is 0.409. The summed E-state index contributed by atoms with van der Waals surface area (Å²) in [5.74, 6) is 1.51. The van der Waals surface area contributed by atoms with E-state index in [1.807, 2.05) is 45.9 Å². The van der Waals surface area contributed by atoms with Crippen molar-refractivity contribution in [1.29, 1.82) is 0 Å². The molecule has 9 nitrogen and oxygen atoms in total. The lowest BCUT2D eigenvalue weighted by Crippen LogP contribution is -2.30. The SMILES string of the molecule is CCC(=O)N1CC[C@H](Oc2ccc3c(c2)N(c2cccc(S(=O)(=O)NOC)c2)CCO3)C1. The summed E-state index contributed by atoms with van der Waals surface area (Å²) in [5.41, 5.74) is 1.51. The number of hydrogen-bond donors (Lipinski definition) is 1. The Morgan fingerprint density at radius 2 is 2.06 bits per heavy atom. The van der Waals surface area contributed by atoms with Crippen LogP contribution in [0.25, 0.3) is 0 Å². The van der Waals surface area contributed by atoms with Gasteiger partial charge in [0.1, 0.15) is 24.2 Å². The van der Waals surface area contributed by atoms with E-state index in [0.717, 1.165) is 12.1 Å². The van der Waals surface area contributed by atoms with Crippen molar-refractivity contribution in [3.63, 3.8) is 0 Å². The van der Waals surface area contributed by atoms with Gasteiger partial charge in [0, 0.05) is 31.1 Å². The summed E-state index contributed by atoms with van der Waals surface area (Å²) in [6.45, 7) is 4.17. The molecule has 32 heavy (non-hydrogen) atoms. The molecule has 4 rings (SSSR count). The number of amides is 1. The van der Waals surface area contributed by atoms with Crippen molar-refractivity contribution in [2.45, 2.75) is 30.8 Å². The zero-order valence-electron chi connectivity index (χ0n) is 18.1. The minimum Gasteiger partial charge on any atom is -0.490 e. The monoisotopic (exact) mass is 461 g/mol. The second-order valence-electron chi connectivity index (χ2n) is 7.64. The summed E-state index contributed by atoms with van der Waals surface area (Å²) in [4.78, 5) is 22.5. The summed E-state index contributed by atoms with van der Waals surface area (Å²) in [6.07, 6.45) is 1.22. The van der Waals surface area contributed by atoms with Crippen LogP contribution in [-0.4, -0.2) is 58.7 Å². The van der Waals surface area contributed by atoms with E-state index in [-0.39, 0.29) is 16.9 Å². The van der Waals surface area contributed by atoms with Crippen LogP contribution in [0.2, 0.25) is 0 Å². The summed E-state index contributed by atoms with van der Waals surface area (Å²) < 4.78 is 36.6. The fourth-order valence-corrected chi connectivity index (χ4v) is 4.83. The van der Waals surface area contributed by atoms with Crippen molar-refractivity contribution in [3.8, 4) is 11.5 Å². The molecule has 0 bridgehead atoms. The smallest absolute Gasteiger partial charge is 0.262 e. The van der Waals surface area contributed by atoms with Gasteiger partial charge >= 0.3 is 0 Å². The van der Waals surface area contributed by atoms with E-state index in [4.69, 9.17) is 9.47 Å². The molecule has 1 saturated heterocycles. The third-order valence-corrected chi connectivity index (χ3v) is 6.79. The number of anilines is 2. The van der Waals surface area contributed by atoms with Crippen LogP contribution < -0.4 is 19.3 Å². The Morgan fingerprint density at radius 3 is 2.84 bits per heavy atom. The van der Waals surface area contributed by atoms with E-state index in [2.05, 4.69) is 4.84 Å². The molecule has 1 amide bonds. The standard InChI is InChI=1S/C22H27N3O6S/c1-3-22(26)24-10-9-18(15-24)31-17-7-8-21-20(14-17)25(11-12-30-21)16-5-4-6-19(13-16)32(27,28)23-29-2/h4-8,13-14,18,23H,3,9-12,15H2,1-2H3/t18-/m0/s1. The first-order valence-corrected chi connectivity index (χ1v) is 12.0. The zero-order valence-corrected chi connectivity index (χ0v) is 18.9. The van der Waals surface area contributed by atoms with Gasteiger partial charge in [0.25, 0.3) is 10.0 Å². The predicted octanol–water partition coefficient (Wildman–Crippen LogP) is 2.45. The molecule has 1 fully saturated rings. The summed E-state index contributed by atoms with van der Waals surface area (Å²) >= 11 is 0. The van der Waals surface area contributed by atoms with Crippen molar-refractivity contribution in [2.75, 3.05) is 38.3 Å². The molecule has 2 heterocycles. The maximum absolute atomic E-state index is 12.3. The van der Waals surface area contributed by atoms with Crippen LogP contribution >= 0.6 is 0 Å². The van der Waals surface area contributed by atoms with Crippen LogP contribution in [0, 0.1) is 0 Å². The van der Waals surface area contributed by atoms with Crippen LogP contribution in [0.5, 0.6) is 11.5 Å². The topological polar surface area (TPSA) is 97.4 Å². The highest BCUT2D eigenvalue weighted by Gasteiger charge is 2.28. The highest BCUT2D eigenvalue weighted by Crippen LogP contribution is 2.40. The van der Waals surface area contributed by atoms with E-state index >= 15 is 0 Å². The number of fused-ring (bicyclic) bond motifs is 1. The predicted molar refractivity (Wildman–Crippen MR) is 119 cm³/mol. The Labute approximate surface area is 187 Å². The molecule has 0 aliphatic carbocycles. The van der Waals surface area contributed by atoms with E-state index < -0.39 is 10.0 Å². The molecule has 0 spiro atoms. The third-order valence-electron chi connectivity index (χ3n) is 5.53. The summed E-state index contributed by atoms with van der Waals surface area (Å²) in [6, 6.07) is 12.2. The van der Waals surface area contributed by atoms with Gasteiger partial charge in [-0.2, -0.15) is 0 Å². The number of carbonyl (C=O) groups excluding carboxylic acids is 1. The molecule has 0 saturated carbocycles. The minimum atomic E-state index is -3.77. The molecule has 0 radical (unpaired) electrons. The molecular formula is C22H27N3O6S. The minimum absolute atomic E-state index is 0.0601. The van der Waals surface area contributed by atoms with Gasteiger partial charge in [-0.15, -0.1) is 0 Å². The molecule has 172 valence electrons. The van der Waals surface area contributed by atoms with Crippen molar-refractivity contribution in [1.82, 2.24) is 9.79 Å². The Morgan fingerprint density at radius 1 is 1.22 bits per heavy atom. The summed E-state index contributed by atoms with van der Waals surface area (Å²) in [5, 5.41) is 0. The number of sulfonamides is 1. The number of nitrogens with one attached hydrogen (secondary N) is 1. The number of carbonyl (C=O) groups is 1. The molecular weight excluding hydrogens is 434 g/mol. The molecule has 0 unspecified atom stereocenters. The zero-order chi connectivity index (χ0) is 22.7. The second-order valence-corrected chi connectivity index (χ2v) is 9.28. The lowest BCUT2D eigenvalue weighted by molar-refractivity contribution is -0.130. The molecule has 10 heteroatoms. The number of likely N-dealkylation sites (tertiary alicyclic amines) is 1. The normalized spacial score (nSPS) is 18.2. The van der Waals surface area contributed by atoms with Gasteiger partial charge in [-0.3, -0.25) is 9.63 Å². The van der Waals surface area contributed by atoms with E-state index in [1.54, 1.807) is 12.1 Å². The van der Waals surface area contributed by atoms with Crippen LogP contribution in [0.1, 0.15) is 19.8 Å². The third kappa shape index (κ3) is 4.67. The van der Waals surface area contributed by atoms with Gasteiger partial charge in [0.05, 0.1) is 30.8 Å². The number of hydrogen-bond acceptors (Lipinski definition) is 7. The van der Waals surface area contributed by atoms with E-state index in [0.29, 0.717) is 49.8 Å². The molecule has 2 aromatic rings. The van der Waals surface area contributed by atoms with Crippen molar-refractivity contribution >= 4 is 27.3 Å². The quantitative estimate of drug-likeness (QED) is 0.633. The molecule has 2 aromatic carbocycles. The maximum Gasteiger partial charge on any atom is 0.262 e. The largest absolute Gasteiger partial charge is 0.490 e. The molecule has 2 aliphatic heterocycles. The van der Waals surface area contributed by atoms with Gasteiger partial charge in [0.15, 0.2) is 0 Å². The van der Waals surface area contributed by atoms with Crippen molar-refractivity contribution in [2.24, 2.45) is 0 Å². The van der Waals surface area contributed by atoms with Crippen molar-refractivity contribution < 1.29 is 27.5 Å². The average Bonchev–Trinajstić information content (AvgIpc) is 3.26. The Bertz CT molecular complexity index is 1090. The lowest BCUT2D eigenvalue weighted by Gasteiger charge is -2.32. The van der Waals surface area contributed by atoms with Gasteiger partial charge in [-0.25, -0.2) is 8.42 Å². The van der Waals surface area contributed by atoms with Crippen molar-refractivity contribution in [3.05, 3.63) is 42.5 Å². The first kappa shape index (κ1) is 22.4. The first-order chi connectivity index (χ1) is 15.4. The van der Waals surface area contributed by atoms with Crippen LogP contribution in [0.3, 0.4) is 0 Å². The number of ether oxygens (including phenoxy) is 2. The lowest BCUT2D eigenvalue weighted by atomic mass is 10.2. The van der Waals surface area contributed by atoms with Gasteiger partial charge in [0.2, 0.25) is 5.91 Å². The van der Waals surface area contributed by atoms with Gasteiger partial charge in [-0.05, 0) is 30.3 Å². The van der Waals surface area contributed by atoms with Crippen LogP contribution in [-0.2, 0) is 19.7 Å². The number of nitrogens with zero attached hydrogens (tertiary/aromatic N) is 2. The Kier molecular flexibility index (Phi) is 6.54. The molecule has 1 N–H and O–H groups in total. The van der Waals surface area contributed by atoms with E-state index in [9.17, 15) is 13.2 Å². The van der Waals surface area contributed by atoms with E-state index in [1.165, 1.54) is 13.2 Å². The average molecular weight is 462 g/mol. The van der Waals surface area contributed by atoms with Gasteiger partial charge < -0.3 is 19.3 Å². The number of rotatable bonds is 7. The second kappa shape index (κ2) is 9.35. The Balaban J connectivity index is 1.57. The highest BCUT2D eigenvalue weighted by atomic mass is 32.2.